The Kier molecular flexibility index (Phi) is 6.47. The average molecular weight is 447 g/mol. The summed E-state index contributed by atoms with van der Waals surface area (Å²) in [7, 11) is 0. The van der Waals surface area contributed by atoms with Crippen LogP contribution >= 0.6 is 11.6 Å². The minimum Gasteiger partial charge on any atom is -0.478 e. The van der Waals surface area contributed by atoms with Gasteiger partial charge in [0.2, 0.25) is 0 Å². The van der Waals surface area contributed by atoms with Gasteiger partial charge in [0.25, 0.3) is 0 Å². The number of aliphatic carboxylic acids is 1. The Morgan fingerprint density at radius 3 is 2.47 bits per heavy atom. The van der Waals surface area contributed by atoms with Crippen LogP contribution in [-0.4, -0.2) is 27.2 Å². The fourth-order valence-electron chi connectivity index (χ4n) is 3.74. The molecule has 0 amide bonds. The van der Waals surface area contributed by atoms with Gasteiger partial charge in [-0.2, -0.15) is 5.10 Å². The molecule has 4 rings (SSSR count). The molecule has 3 aromatic carbocycles. The quantitative estimate of drug-likeness (QED) is 0.196. The summed E-state index contributed by atoms with van der Waals surface area (Å²) in [4.78, 5) is 10.8. The zero-order valence-electron chi connectivity index (χ0n) is 17.1. The third-order valence-corrected chi connectivity index (χ3v) is 5.40. The van der Waals surface area contributed by atoms with Gasteiger partial charge in [-0.05, 0) is 52.5 Å². The van der Waals surface area contributed by atoms with Gasteiger partial charge in [-0.3, -0.25) is 5.10 Å². The number of H-pyrrole nitrogens is 1. The van der Waals surface area contributed by atoms with Crippen molar-refractivity contribution in [2.24, 2.45) is 0 Å². The number of fused-ring (bicyclic) bond motifs is 1. The van der Waals surface area contributed by atoms with Crippen molar-refractivity contribution in [2.45, 2.75) is 6.42 Å². The van der Waals surface area contributed by atoms with E-state index in [1.165, 1.54) is 12.3 Å². The molecule has 0 radical (unpaired) electrons. The van der Waals surface area contributed by atoms with Crippen molar-refractivity contribution in [3.63, 3.8) is 0 Å². The number of nitrogens with zero attached hydrogens (tertiary/aromatic N) is 1. The number of carboxylic acids is 1. The number of alkyl halides is 1. The van der Waals surface area contributed by atoms with Gasteiger partial charge < -0.3 is 5.11 Å². The predicted octanol–water partition coefficient (Wildman–Crippen LogP) is 6.39. The molecule has 4 aromatic rings. The standard InChI is InChI=1S/C26H20ClFN2O2/c27-15-14-20(18-4-2-1-3-5-18)25(19-9-6-17(7-10-19)8-13-24(31)32)21-11-12-23-22(26(21)28)16-29-30-23/h1-13,16H,14-15H2,(H,29,30)(H,31,32). The number of carbonyl (C=O) groups is 1. The van der Waals surface area contributed by atoms with Crippen LogP contribution in [-0.2, 0) is 4.79 Å². The summed E-state index contributed by atoms with van der Waals surface area (Å²) in [6.07, 6.45) is 4.63. The molecule has 2 N–H and O–H groups in total. The summed E-state index contributed by atoms with van der Waals surface area (Å²) < 4.78 is 15.6. The van der Waals surface area contributed by atoms with Gasteiger partial charge in [0.15, 0.2) is 0 Å². The van der Waals surface area contributed by atoms with E-state index >= 15 is 4.39 Å². The number of aromatic amines is 1. The van der Waals surface area contributed by atoms with Crippen molar-refractivity contribution in [1.29, 1.82) is 0 Å². The third kappa shape index (κ3) is 4.48. The van der Waals surface area contributed by atoms with Crippen LogP contribution in [0.15, 0.2) is 79.0 Å². The molecule has 0 fully saturated rings. The van der Waals surface area contributed by atoms with Gasteiger partial charge in [0.05, 0.1) is 17.1 Å². The van der Waals surface area contributed by atoms with E-state index in [0.29, 0.717) is 28.8 Å². The second kappa shape index (κ2) is 9.62. The molecule has 0 bridgehead atoms. The lowest BCUT2D eigenvalue weighted by atomic mass is 9.87. The average Bonchev–Trinajstić information content (AvgIpc) is 3.30. The molecular weight excluding hydrogens is 427 g/mol. The molecule has 0 aliphatic heterocycles. The monoisotopic (exact) mass is 446 g/mol. The van der Waals surface area contributed by atoms with Crippen LogP contribution in [0.3, 0.4) is 0 Å². The maximum absolute atomic E-state index is 15.6. The summed E-state index contributed by atoms with van der Waals surface area (Å²) in [6.45, 7) is 0. The number of hydrogen-bond acceptors (Lipinski definition) is 2. The van der Waals surface area contributed by atoms with Crippen molar-refractivity contribution in [3.05, 3.63) is 107 Å². The SMILES string of the molecule is O=C(O)C=Cc1ccc(C(=C(CCCl)c2ccccc2)c2ccc3[nH]ncc3c2F)cc1. The summed E-state index contributed by atoms with van der Waals surface area (Å²) in [5.74, 6) is -0.995. The van der Waals surface area contributed by atoms with Crippen LogP contribution in [0.1, 0.15) is 28.7 Å². The highest BCUT2D eigenvalue weighted by molar-refractivity contribution is 6.18. The van der Waals surface area contributed by atoms with Crippen molar-refractivity contribution in [2.75, 3.05) is 5.88 Å². The molecule has 32 heavy (non-hydrogen) atoms. The molecule has 4 nitrogen and oxygen atoms in total. The Hall–Kier alpha value is -3.70. The van der Waals surface area contributed by atoms with Crippen LogP contribution in [0, 0.1) is 5.82 Å². The van der Waals surface area contributed by atoms with E-state index < -0.39 is 5.97 Å². The smallest absolute Gasteiger partial charge is 0.328 e. The highest BCUT2D eigenvalue weighted by Gasteiger charge is 2.19. The lowest BCUT2D eigenvalue weighted by molar-refractivity contribution is -0.131. The third-order valence-electron chi connectivity index (χ3n) is 5.21. The second-order valence-corrected chi connectivity index (χ2v) is 7.59. The number of rotatable bonds is 7. The summed E-state index contributed by atoms with van der Waals surface area (Å²) in [5, 5.41) is 16.0. The van der Waals surface area contributed by atoms with Crippen molar-refractivity contribution in [3.8, 4) is 0 Å². The minimum atomic E-state index is -1.02. The van der Waals surface area contributed by atoms with Gasteiger partial charge in [-0.15, -0.1) is 11.6 Å². The van der Waals surface area contributed by atoms with Gasteiger partial charge in [-0.25, -0.2) is 9.18 Å². The number of carboxylic acid groups (broad SMARTS) is 1. The molecule has 160 valence electrons. The van der Waals surface area contributed by atoms with Crippen molar-refractivity contribution in [1.82, 2.24) is 10.2 Å². The highest BCUT2D eigenvalue weighted by atomic mass is 35.5. The number of allylic oxidation sites excluding steroid dienone is 1. The van der Waals surface area contributed by atoms with Gasteiger partial charge in [-0.1, -0.05) is 54.6 Å². The van der Waals surface area contributed by atoms with Crippen LogP contribution in [0.2, 0.25) is 0 Å². The Labute approximate surface area is 189 Å². The molecule has 0 aliphatic carbocycles. The Balaban J connectivity index is 1.96. The number of halogens is 2. The van der Waals surface area contributed by atoms with Gasteiger partial charge in [0.1, 0.15) is 5.82 Å². The van der Waals surface area contributed by atoms with E-state index in [4.69, 9.17) is 16.7 Å². The van der Waals surface area contributed by atoms with Crippen molar-refractivity contribution >= 4 is 45.7 Å². The van der Waals surface area contributed by atoms with Gasteiger partial charge >= 0.3 is 5.97 Å². The fourth-order valence-corrected chi connectivity index (χ4v) is 3.93. The first-order valence-corrected chi connectivity index (χ1v) is 10.6. The molecule has 0 aliphatic rings. The zero-order valence-corrected chi connectivity index (χ0v) is 17.8. The molecule has 0 saturated heterocycles. The number of benzene rings is 3. The zero-order chi connectivity index (χ0) is 22.5. The molecule has 6 heteroatoms. The molecule has 1 heterocycles. The predicted molar refractivity (Wildman–Crippen MR) is 127 cm³/mol. The van der Waals surface area contributed by atoms with E-state index in [9.17, 15) is 4.79 Å². The Morgan fingerprint density at radius 1 is 1.03 bits per heavy atom. The van der Waals surface area contributed by atoms with Crippen LogP contribution in [0.25, 0.3) is 28.1 Å². The van der Waals surface area contributed by atoms with E-state index in [1.807, 2.05) is 60.7 Å². The second-order valence-electron chi connectivity index (χ2n) is 7.21. The normalized spacial score (nSPS) is 12.3. The molecule has 0 saturated carbocycles. The Bertz CT molecular complexity index is 1310. The molecule has 0 spiro atoms. The van der Waals surface area contributed by atoms with E-state index in [1.54, 1.807) is 6.07 Å². The summed E-state index contributed by atoms with van der Waals surface area (Å²) in [5.41, 5.74) is 5.25. The van der Waals surface area contributed by atoms with Gasteiger partial charge in [0, 0.05) is 17.5 Å². The first-order chi connectivity index (χ1) is 15.6. The Morgan fingerprint density at radius 2 is 1.78 bits per heavy atom. The lowest BCUT2D eigenvalue weighted by Gasteiger charge is -2.18. The maximum atomic E-state index is 15.6. The van der Waals surface area contributed by atoms with Crippen LogP contribution < -0.4 is 0 Å². The maximum Gasteiger partial charge on any atom is 0.328 e. The largest absolute Gasteiger partial charge is 0.478 e. The lowest BCUT2D eigenvalue weighted by Crippen LogP contribution is -1.99. The first kappa shape index (κ1) is 21.5. The van der Waals surface area contributed by atoms with E-state index in [0.717, 1.165) is 33.9 Å². The fraction of sp³-hybridized carbons (Fsp3) is 0.0769. The first-order valence-electron chi connectivity index (χ1n) is 10.1. The summed E-state index contributed by atoms with van der Waals surface area (Å²) >= 11 is 6.17. The van der Waals surface area contributed by atoms with Crippen LogP contribution in [0.5, 0.6) is 0 Å². The van der Waals surface area contributed by atoms with E-state index in [-0.39, 0.29) is 5.82 Å². The molecular formula is C26H20ClFN2O2. The minimum absolute atomic E-state index is 0.357. The number of hydrogen-bond donors (Lipinski definition) is 2. The topological polar surface area (TPSA) is 66.0 Å². The number of aromatic nitrogens is 2. The molecule has 0 atom stereocenters. The summed E-state index contributed by atoms with van der Waals surface area (Å²) in [6, 6.07) is 20.7. The molecule has 1 aromatic heterocycles. The number of nitrogens with one attached hydrogen (secondary N) is 1. The van der Waals surface area contributed by atoms with Crippen LogP contribution in [0.4, 0.5) is 4.39 Å². The highest BCUT2D eigenvalue weighted by Crippen LogP contribution is 2.37. The van der Waals surface area contributed by atoms with E-state index in [2.05, 4.69) is 10.2 Å². The molecule has 0 unspecified atom stereocenters. The van der Waals surface area contributed by atoms with Crippen molar-refractivity contribution < 1.29 is 14.3 Å².